The number of carboxylic acid groups (broad SMARTS) is 1. The molecule has 0 aliphatic heterocycles. The molecule has 0 saturated heterocycles. The average molecular weight is 266 g/mol. The van der Waals surface area contributed by atoms with Crippen LogP contribution in [0, 0.1) is 5.82 Å². The van der Waals surface area contributed by atoms with Crippen molar-refractivity contribution in [3.05, 3.63) is 44.9 Å². The van der Waals surface area contributed by atoms with Crippen molar-refractivity contribution in [1.29, 1.82) is 0 Å². The van der Waals surface area contributed by atoms with Crippen molar-refractivity contribution in [1.82, 2.24) is 9.13 Å². The molecule has 1 N–H and O–H groups in total. The fraction of sp³-hybridized carbons (Fsp3) is 0.250. The second-order valence-electron chi connectivity index (χ2n) is 4.10. The van der Waals surface area contributed by atoms with Crippen LogP contribution >= 0.6 is 0 Å². The molecule has 1 heterocycles. The van der Waals surface area contributed by atoms with Crippen LogP contribution in [0.15, 0.2) is 27.8 Å². The van der Waals surface area contributed by atoms with Gasteiger partial charge in [-0.05, 0) is 18.2 Å². The fourth-order valence-corrected chi connectivity index (χ4v) is 1.88. The fourth-order valence-electron chi connectivity index (χ4n) is 1.88. The summed E-state index contributed by atoms with van der Waals surface area (Å²) in [5.74, 6) is -1.65. The number of hydrogen-bond acceptors (Lipinski definition) is 3. The summed E-state index contributed by atoms with van der Waals surface area (Å²) in [6.07, 6.45) is -0.331. The summed E-state index contributed by atoms with van der Waals surface area (Å²) in [4.78, 5) is 34.5. The molecular weight excluding hydrogens is 255 g/mol. The molecule has 2 rings (SSSR count). The van der Waals surface area contributed by atoms with Crippen LogP contribution in [-0.2, 0) is 18.4 Å². The second kappa shape index (κ2) is 4.68. The summed E-state index contributed by atoms with van der Waals surface area (Å²) in [5.41, 5.74) is -1.09. The molecule has 1 aromatic heterocycles. The van der Waals surface area contributed by atoms with E-state index >= 15 is 0 Å². The minimum absolute atomic E-state index is 0.175. The summed E-state index contributed by atoms with van der Waals surface area (Å²) in [7, 11) is 1.40. The lowest BCUT2D eigenvalue weighted by atomic mass is 10.2. The van der Waals surface area contributed by atoms with E-state index in [0.29, 0.717) is 0 Å². The predicted octanol–water partition coefficient (Wildman–Crippen LogP) is 0.314. The maximum Gasteiger partial charge on any atom is 0.331 e. The zero-order valence-corrected chi connectivity index (χ0v) is 10.1. The number of fused-ring (bicyclic) bond motifs is 1. The number of aromatic nitrogens is 2. The van der Waals surface area contributed by atoms with Crippen molar-refractivity contribution in [3.8, 4) is 0 Å². The Morgan fingerprint density at radius 1 is 1.37 bits per heavy atom. The molecule has 0 aliphatic rings. The van der Waals surface area contributed by atoms with E-state index in [0.717, 1.165) is 21.3 Å². The van der Waals surface area contributed by atoms with E-state index in [9.17, 15) is 18.8 Å². The van der Waals surface area contributed by atoms with Crippen molar-refractivity contribution in [2.24, 2.45) is 7.05 Å². The topological polar surface area (TPSA) is 81.3 Å². The number of rotatable bonds is 3. The summed E-state index contributed by atoms with van der Waals surface area (Å²) in [5, 5.41) is 8.78. The average Bonchev–Trinajstić information content (AvgIpc) is 2.35. The van der Waals surface area contributed by atoms with Crippen LogP contribution in [-0.4, -0.2) is 20.2 Å². The molecule has 2 aromatic rings. The van der Waals surface area contributed by atoms with E-state index in [1.54, 1.807) is 0 Å². The SMILES string of the molecule is Cn1c(=O)n(CCC(=O)O)c(=O)c2ccc(F)cc21. The van der Waals surface area contributed by atoms with Gasteiger partial charge in [0.15, 0.2) is 0 Å². The number of nitrogens with zero attached hydrogens (tertiary/aromatic N) is 2. The first kappa shape index (κ1) is 13.0. The molecular formula is C12H11FN2O4. The molecule has 0 aliphatic carbocycles. The Morgan fingerprint density at radius 3 is 2.68 bits per heavy atom. The zero-order valence-electron chi connectivity index (χ0n) is 10.1. The third kappa shape index (κ3) is 2.26. The second-order valence-corrected chi connectivity index (χ2v) is 4.10. The molecule has 0 radical (unpaired) electrons. The molecule has 0 spiro atoms. The number of benzene rings is 1. The van der Waals surface area contributed by atoms with E-state index in [-0.39, 0.29) is 23.9 Å². The Labute approximate surface area is 106 Å². The van der Waals surface area contributed by atoms with E-state index in [1.807, 2.05) is 0 Å². The summed E-state index contributed by atoms with van der Waals surface area (Å²) >= 11 is 0. The van der Waals surface area contributed by atoms with Crippen molar-refractivity contribution in [2.75, 3.05) is 0 Å². The summed E-state index contributed by atoms with van der Waals surface area (Å²) < 4.78 is 15.1. The van der Waals surface area contributed by atoms with Gasteiger partial charge in [-0.1, -0.05) is 0 Å². The van der Waals surface area contributed by atoms with Gasteiger partial charge in [-0.15, -0.1) is 0 Å². The van der Waals surface area contributed by atoms with E-state index in [1.165, 1.54) is 13.1 Å². The highest BCUT2D eigenvalue weighted by Gasteiger charge is 2.12. The monoisotopic (exact) mass is 266 g/mol. The largest absolute Gasteiger partial charge is 0.481 e. The molecule has 0 atom stereocenters. The molecule has 0 amide bonds. The number of hydrogen-bond donors (Lipinski definition) is 1. The Bertz CT molecular complexity index is 776. The predicted molar refractivity (Wildman–Crippen MR) is 65.7 cm³/mol. The molecule has 0 bridgehead atoms. The number of aryl methyl sites for hydroxylation is 1. The van der Waals surface area contributed by atoms with Crippen molar-refractivity contribution >= 4 is 16.9 Å². The molecule has 19 heavy (non-hydrogen) atoms. The van der Waals surface area contributed by atoms with Crippen LogP contribution in [0.4, 0.5) is 4.39 Å². The molecule has 1 aromatic carbocycles. The van der Waals surface area contributed by atoms with Gasteiger partial charge in [-0.2, -0.15) is 0 Å². The Balaban J connectivity index is 2.74. The quantitative estimate of drug-likeness (QED) is 0.867. The number of aliphatic carboxylic acids is 1. The number of halogens is 1. The van der Waals surface area contributed by atoms with Gasteiger partial charge >= 0.3 is 11.7 Å². The van der Waals surface area contributed by atoms with Crippen molar-refractivity contribution < 1.29 is 14.3 Å². The van der Waals surface area contributed by atoms with Gasteiger partial charge in [0.2, 0.25) is 0 Å². The number of carbonyl (C=O) groups is 1. The van der Waals surface area contributed by atoms with E-state index < -0.39 is 23.0 Å². The van der Waals surface area contributed by atoms with Gasteiger partial charge in [-0.3, -0.25) is 18.7 Å². The zero-order chi connectivity index (χ0) is 14.2. The standard InChI is InChI=1S/C12H11FN2O4/c1-14-9-6-7(13)2-3-8(9)11(18)15(12(14)19)5-4-10(16)17/h2-3,6H,4-5H2,1H3,(H,16,17). The van der Waals surface area contributed by atoms with Gasteiger partial charge in [0, 0.05) is 13.6 Å². The Morgan fingerprint density at radius 2 is 2.05 bits per heavy atom. The third-order valence-electron chi connectivity index (χ3n) is 2.86. The summed E-state index contributed by atoms with van der Waals surface area (Å²) in [6.45, 7) is -0.214. The van der Waals surface area contributed by atoms with E-state index in [2.05, 4.69) is 0 Å². The highest BCUT2D eigenvalue weighted by atomic mass is 19.1. The van der Waals surface area contributed by atoms with E-state index in [4.69, 9.17) is 5.11 Å². The first-order chi connectivity index (χ1) is 8.91. The van der Waals surface area contributed by atoms with Crippen LogP contribution in [0.3, 0.4) is 0 Å². The van der Waals surface area contributed by atoms with Gasteiger partial charge in [0.25, 0.3) is 5.56 Å². The Hall–Kier alpha value is -2.44. The summed E-state index contributed by atoms with van der Waals surface area (Å²) in [6, 6.07) is 3.50. The van der Waals surface area contributed by atoms with Gasteiger partial charge < -0.3 is 5.11 Å². The van der Waals surface area contributed by atoms with Crippen molar-refractivity contribution in [2.45, 2.75) is 13.0 Å². The molecule has 0 saturated carbocycles. The van der Waals surface area contributed by atoms with Gasteiger partial charge in [0.05, 0.1) is 17.3 Å². The lowest BCUT2D eigenvalue weighted by molar-refractivity contribution is -0.137. The normalized spacial score (nSPS) is 10.8. The first-order valence-corrected chi connectivity index (χ1v) is 5.52. The maximum atomic E-state index is 13.1. The highest BCUT2D eigenvalue weighted by molar-refractivity contribution is 5.77. The first-order valence-electron chi connectivity index (χ1n) is 5.52. The molecule has 100 valence electrons. The van der Waals surface area contributed by atoms with Crippen LogP contribution in [0.2, 0.25) is 0 Å². The van der Waals surface area contributed by atoms with Crippen LogP contribution in [0.5, 0.6) is 0 Å². The lowest BCUT2D eigenvalue weighted by Crippen LogP contribution is -2.39. The Kier molecular flexibility index (Phi) is 3.20. The lowest BCUT2D eigenvalue weighted by Gasteiger charge is -2.09. The molecule has 0 fully saturated rings. The molecule has 7 heteroatoms. The minimum atomic E-state index is -1.10. The van der Waals surface area contributed by atoms with Crippen molar-refractivity contribution in [3.63, 3.8) is 0 Å². The van der Waals surface area contributed by atoms with Crippen LogP contribution in [0.1, 0.15) is 6.42 Å². The van der Waals surface area contributed by atoms with Crippen LogP contribution < -0.4 is 11.2 Å². The molecule has 0 unspecified atom stereocenters. The molecule has 6 nitrogen and oxygen atoms in total. The van der Waals surface area contributed by atoms with Crippen LogP contribution in [0.25, 0.3) is 10.9 Å². The number of carboxylic acids is 1. The van der Waals surface area contributed by atoms with Gasteiger partial charge in [-0.25, -0.2) is 9.18 Å². The van der Waals surface area contributed by atoms with Gasteiger partial charge in [0.1, 0.15) is 5.82 Å². The third-order valence-corrected chi connectivity index (χ3v) is 2.86. The smallest absolute Gasteiger partial charge is 0.331 e. The maximum absolute atomic E-state index is 13.1. The minimum Gasteiger partial charge on any atom is -0.481 e. The highest BCUT2D eigenvalue weighted by Crippen LogP contribution is 2.09.